The molecule has 0 N–H and O–H groups in total. The Morgan fingerprint density at radius 1 is 1.56 bits per heavy atom. The van der Waals surface area contributed by atoms with Crippen molar-refractivity contribution in [2.45, 2.75) is 19.0 Å². The van der Waals surface area contributed by atoms with Crippen molar-refractivity contribution in [1.82, 2.24) is 9.80 Å². The molecule has 1 aromatic heterocycles. The monoisotopic (exact) mass is 219 g/mol. The van der Waals surface area contributed by atoms with Crippen LogP contribution in [0.25, 0.3) is 0 Å². The van der Waals surface area contributed by atoms with Crippen LogP contribution in [0.4, 0.5) is 0 Å². The molecule has 1 unspecified atom stereocenters. The zero-order chi connectivity index (χ0) is 11.4. The van der Waals surface area contributed by atoms with Gasteiger partial charge in [0.2, 0.25) is 0 Å². The third kappa shape index (κ3) is 2.63. The van der Waals surface area contributed by atoms with E-state index < -0.39 is 0 Å². The van der Waals surface area contributed by atoms with E-state index in [9.17, 15) is 0 Å². The minimum absolute atomic E-state index is 0.355. The second kappa shape index (κ2) is 5.15. The van der Waals surface area contributed by atoms with E-state index in [1.807, 2.05) is 12.1 Å². The maximum Gasteiger partial charge on any atom is 0.117 e. The summed E-state index contributed by atoms with van der Waals surface area (Å²) in [5.41, 5.74) is 0. The lowest BCUT2D eigenvalue weighted by Gasteiger charge is -2.38. The van der Waals surface area contributed by atoms with Crippen LogP contribution in [0.15, 0.2) is 22.8 Å². The maximum absolute atomic E-state index is 8.77. The van der Waals surface area contributed by atoms with Crippen LogP contribution in [-0.4, -0.2) is 42.5 Å². The molecule has 1 atom stereocenters. The fourth-order valence-corrected chi connectivity index (χ4v) is 2.10. The number of likely N-dealkylation sites (N-methyl/N-ethyl adjacent to an activating group) is 1. The highest BCUT2D eigenvalue weighted by Crippen LogP contribution is 2.13. The second-order valence-corrected chi connectivity index (χ2v) is 4.31. The van der Waals surface area contributed by atoms with E-state index in [1.165, 1.54) is 0 Å². The van der Waals surface area contributed by atoms with E-state index in [-0.39, 0.29) is 0 Å². The van der Waals surface area contributed by atoms with Gasteiger partial charge in [0, 0.05) is 25.7 Å². The van der Waals surface area contributed by atoms with E-state index in [2.05, 4.69) is 22.9 Å². The molecule has 1 aromatic rings. The van der Waals surface area contributed by atoms with Crippen molar-refractivity contribution in [2.75, 3.05) is 26.7 Å². The first-order chi connectivity index (χ1) is 7.79. The fraction of sp³-hybridized carbons (Fsp3) is 0.583. The van der Waals surface area contributed by atoms with Crippen molar-refractivity contribution in [1.29, 1.82) is 5.26 Å². The molecule has 0 radical (unpaired) electrons. The smallest absolute Gasteiger partial charge is 0.117 e. The molecule has 0 aliphatic carbocycles. The summed E-state index contributed by atoms with van der Waals surface area (Å²) in [4.78, 5) is 4.61. The molecule has 0 spiro atoms. The number of nitrogens with zero attached hydrogens (tertiary/aromatic N) is 3. The van der Waals surface area contributed by atoms with Crippen molar-refractivity contribution in [3.63, 3.8) is 0 Å². The van der Waals surface area contributed by atoms with Crippen molar-refractivity contribution >= 4 is 0 Å². The fourth-order valence-electron chi connectivity index (χ4n) is 2.10. The van der Waals surface area contributed by atoms with Gasteiger partial charge in [-0.3, -0.25) is 9.80 Å². The molecule has 0 amide bonds. The Morgan fingerprint density at radius 3 is 3.12 bits per heavy atom. The molecular formula is C12H17N3O. The highest BCUT2D eigenvalue weighted by Gasteiger charge is 2.24. The Morgan fingerprint density at radius 2 is 2.44 bits per heavy atom. The van der Waals surface area contributed by atoms with Gasteiger partial charge in [-0.1, -0.05) is 0 Å². The summed E-state index contributed by atoms with van der Waals surface area (Å²) in [5.74, 6) is 1.00. The lowest BCUT2D eigenvalue weighted by Crippen LogP contribution is -2.50. The average molecular weight is 219 g/mol. The topological polar surface area (TPSA) is 43.4 Å². The van der Waals surface area contributed by atoms with Gasteiger partial charge in [-0.2, -0.15) is 5.26 Å². The first-order valence-corrected chi connectivity index (χ1v) is 5.61. The first kappa shape index (κ1) is 11.2. The molecular weight excluding hydrogens is 202 g/mol. The minimum atomic E-state index is 0.355. The van der Waals surface area contributed by atoms with Gasteiger partial charge in [0.15, 0.2) is 0 Å². The summed E-state index contributed by atoms with van der Waals surface area (Å²) in [7, 11) is 2.09. The molecule has 1 fully saturated rings. The molecule has 86 valence electrons. The maximum atomic E-state index is 8.77. The average Bonchev–Trinajstić information content (AvgIpc) is 2.76. The molecule has 0 bridgehead atoms. The van der Waals surface area contributed by atoms with E-state index in [0.29, 0.717) is 12.5 Å². The normalized spacial score (nSPS) is 23.1. The molecule has 2 heterocycles. The Balaban J connectivity index is 1.90. The van der Waals surface area contributed by atoms with Gasteiger partial charge in [0.1, 0.15) is 5.76 Å². The Bertz CT molecular complexity index is 355. The van der Waals surface area contributed by atoms with E-state index in [0.717, 1.165) is 31.9 Å². The van der Waals surface area contributed by atoms with Gasteiger partial charge in [0.25, 0.3) is 0 Å². The van der Waals surface area contributed by atoms with Gasteiger partial charge in [-0.05, 0) is 19.2 Å². The number of piperazine rings is 1. The molecule has 1 aliphatic rings. The molecule has 16 heavy (non-hydrogen) atoms. The summed E-state index contributed by atoms with van der Waals surface area (Å²) in [6, 6.07) is 6.52. The van der Waals surface area contributed by atoms with Gasteiger partial charge < -0.3 is 4.42 Å². The zero-order valence-electron chi connectivity index (χ0n) is 9.59. The summed E-state index contributed by atoms with van der Waals surface area (Å²) in [6.07, 6.45) is 2.31. The number of nitriles is 1. The van der Waals surface area contributed by atoms with Crippen molar-refractivity contribution < 1.29 is 4.42 Å². The molecule has 0 saturated carbocycles. The number of furan rings is 1. The predicted octanol–water partition coefficient (Wildman–Crippen LogP) is 1.31. The van der Waals surface area contributed by atoms with Gasteiger partial charge >= 0.3 is 0 Å². The minimum Gasteiger partial charge on any atom is -0.468 e. The van der Waals surface area contributed by atoms with Crippen molar-refractivity contribution in [3.05, 3.63) is 24.2 Å². The van der Waals surface area contributed by atoms with Gasteiger partial charge in [0.05, 0.1) is 25.3 Å². The molecule has 0 aromatic carbocycles. The summed E-state index contributed by atoms with van der Waals surface area (Å²) in [5, 5.41) is 8.77. The lowest BCUT2D eigenvalue weighted by atomic mass is 10.1. The Labute approximate surface area is 96.1 Å². The van der Waals surface area contributed by atoms with Crippen molar-refractivity contribution in [3.8, 4) is 6.07 Å². The van der Waals surface area contributed by atoms with Crippen LogP contribution in [0.2, 0.25) is 0 Å². The summed E-state index contributed by atoms with van der Waals surface area (Å²) < 4.78 is 5.34. The summed E-state index contributed by atoms with van der Waals surface area (Å²) >= 11 is 0. The molecule has 1 saturated heterocycles. The second-order valence-electron chi connectivity index (χ2n) is 4.31. The third-order valence-corrected chi connectivity index (χ3v) is 3.15. The van der Waals surface area contributed by atoms with E-state index >= 15 is 0 Å². The number of rotatable bonds is 3. The van der Waals surface area contributed by atoms with Crippen LogP contribution in [-0.2, 0) is 6.54 Å². The largest absolute Gasteiger partial charge is 0.468 e. The highest BCUT2D eigenvalue weighted by molar-refractivity contribution is 4.99. The quantitative estimate of drug-likeness (QED) is 0.768. The number of hydrogen-bond donors (Lipinski definition) is 0. The van der Waals surface area contributed by atoms with Crippen LogP contribution >= 0.6 is 0 Å². The van der Waals surface area contributed by atoms with Crippen molar-refractivity contribution in [2.24, 2.45) is 0 Å². The molecule has 4 heteroatoms. The van der Waals surface area contributed by atoms with Crippen LogP contribution in [0, 0.1) is 11.3 Å². The lowest BCUT2D eigenvalue weighted by molar-refractivity contribution is 0.0877. The van der Waals surface area contributed by atoms with Crippen LogP contribution < -0.4 is 0 Å². The standard InChI is InChI=1S/C12H17N3O/c1-14-6-7-15(9-11(14)4-5-13)10-12-3-2-8-16-12/h2-3,8,11H,4,6-7,9-10H2,1H3. The van der Waals surface area contributed by atoms with Crippen LogP contribution in [0.3, 0.4) is 0 Å². The van der Waals surface area contributed by atoms with Gasteiger partial charge in [-0.25, -0.2) is 0 Å². The predicted molar refractivity (Wildman–Crippen MR) is 60.6 cm³/mol. The van der Waals surface area contributed by atoms with E-state index in [4.69, 9.17) is 9.68 Å². The van der Waals surface area contributed by atoms with Gasteiger partial charge in [-0.15, -0.1) is 0 Å². The first-order valence-electron chi connectivity index (χ1n) is 5.61. The summed E-state index contributed by atoms with van der Waals surface area (Å²) in [6.45, 7) is 3.86. The SMILES string of the molecule is CN1CCN(Cc2ccco2)CC1CC#N. The molecule has 1 aliphatic heterocycles. The molecule has 2 rings (SSSR count). The zero-order valence-corrected chi connectivity index (χ0v) is 9.59. The molecule has 4 nitrogen and oxygen atoms in total. The highest BCUT2D eigenvalue weighted by atomic mass is 16.3. The third-order valence-electron chi connectivity index (χ3n) is 3.15. The van der Waals surface area contributed by atoms with Crippen LogP contribution in [0.1, 0.15) is 12.2 Å². The van der Waals surface area contributed by atoms with Crippen LogP contribution in [0.5, 0.6) is 0 Å². The Kier molecular flexibility index (Phi) is 3.60. The Hall–Kier alpha value is -1.31. The number of hydrogen-bond acceptors (Lipinski definition) is 4. The van der Waals surface area contributed by atoms with E-state index in [1.54, 1.807) is 6.26 Å².